The number of aliphatic hydroxyl groups excluding tert-OH is 1. The second kappa shape index (κ2) is 7.57. The average Bonchev–Trinajstić information content (AvgIpc) is 2.48. The van der Waals surface area contributed by atoms with Gasteiger partial charge in [0.25, 0.3) is 0 Å². The molecule has 0 saturated carbocycles. The highest BCUT2D eigenvalue weighted by molar-refractivity contribution is 7.91. The Hall–Kier alpha value is -0.910. The molecule has 1 aliphatic heterocycles. The van der Waals surface area contributed by atoms with E-state index in [1.807, 2.05) is 26.0 Å². The summed E-state index contributed by atoms with van der Waals surface area (Å²) in [5, 5.41) is 9.59. The molecule has 0 spiro atoms. The van der Waals surface area contributed by atoms with Crippen molar-refractivity contribution in [1.29, 1.82) is 0 Å². The number of rotatable bonds is 6. The van der Waals surface area contributed by atoms with Crippen LogP contribution in [0.15, 0.2) is 29.2 Å². The molecule has 0 amide bonds. The van der Waals surface area contributed by atoms with Crippen molar-refractivity contribution in [2.45, 2.75) is 44.1 Å². The van der Waals surface area contributed by atoms with Crippen molar-refractivity contribution in [2.24, 2.45) is 5.92 Å². The number of piperidine rings is 1. The molecule has 5 heteroatoms. The third kappa shape index (κ3) is 4.80. The molecule has 1 aromatic rings. The quantitative estimate of drug-likeness (QED) is 0.871. The molecule has 1 aromatic carbocycles. The average molecular weight is 325 g/mol. The standard InChI is InChI=1S/C17H27NO3S/c1-14-4-6-17(7-5-14)22(20,21)13-3-10-18-11-8-16(9-12-18)15(2)19/h4-7,15-16,19H,3,8-13H2,1-2H3. The zero-order valence-electron chi connectivity index (χ0n) is 13.5. The van der Waals surface area contributed by atoms with Gasteiger partial charge in [-0.15, -0.1) is 0 Å². The van der Waals surface area contributed by atoms with Crippen molar-refractivity contribution in [3.8, 4) is 0 Å². The first kappa shape index (κ1) is 17.4. The fourth-order valence-electron chi connectivity index (χ4n) is 3.00. The van der Waals surface area contributed by atoms with E-state index in [4.69, 9.17) is 0 Å². The monoisotopic (exact) mass is 325 g/mol. The van der Waals surface area contributed by atoms with E-state index in [2.05, 4.69) is 4.90 Å². The minimum Gasteiger partial charge on any atom is -0.393 e. The van der Waals surface area contributed by atoms with Gasteiger partial charge in [-0.3, -0.25) is 0 Å². The van der Waals surface area contributed by atoms with Gasteiger partial charge in [0.15, 0.2) is 9.84 Å². The molecule has 0 bridgehead atoms. The van der Waals surface area contributed by atoms with Crippen LogP contribution >= 0.6 is 0 Å². The molecule has 1 heterocycles. The van der Waals surface area contributed by atoms with Crippen LogP contribution in [0.4, 0.5) is 0 Å². The number of sulfone groups is 1. The van der Waals surface area contributed by atoms with E-state index in [0.29, 0.717) is 17.2 Å². The maximum absolute atomic E-state index is 12.3. The van der Waals surface area contributed by atoms with Gasteiger partial charge in [0, 0.05) is 0 Å². The van der Waals surface area contributed by atoms with Crippen molar-refractivity contribution in [1.82, 2.24) is 4.90 Å². The highest BCUT2D eigenvalue weighted by atomic mass is 32.2. The van der Waals surface area contributed by atoms with Gasteiger partial charge in [0.05, 0.1) is 16.8 Å². The highest BCUT2D eigenvalue weighted by Gasteiger charge is 2.22. The molecule has 1 aliphatic rings. The Kier molecular flexibility index (Phi) is 6.01. The van der Waals surface area contributed by atoms with Crippen molar-refractivity contribution >= 4 is 9.84 Å². The smallest absolute Gasteiger partial charge is 0.178 e. The highest BCUT2D eigenvalue weighted by Crippen LogP contribution is 2.21. The minimum atomic E-state index is -3.17. The fourth-order valence-corrected chi connectivity index (χ4v) is 4.30. The first-order valence-corrected chi connectivity index (χ1v) is 9.73. The molecule has 22 heavy (non-hydrogen) atoms. The molecular formula is C17H27NO3S. The summed E-state index contributed by atoms with van der Waals surface area (Å²) in [4.78, 5) is 2.73. The lowest BCUT2D eigenvalue weighted by atomic mass is 9.92. The molecule has 2 rings (SSSR count). The summed E-state index contributed by atoms with van der Waals surface area (Å²) >= 11 is 0. The van der Waals surface area contributed by atoms with Crippen LogP contribution in [-0.2, 0) is 9.84 Å². The normalized spacial score (nSPS) is 19.2. The predicted molar refractivity (Wildman–Crippen MR) is 88.7 cm³/mol. The Morgan fingerprint density at radius 3 is 2.36 bits per heavy atom. The molecule has 124 valence electrons. The van der Waals surface area contributed by atoms with Crippen molar-refractivity contribution in [2.75, 3.05) is 25.4 Å². The van der Waals surface area contributed by atoms with Gasteiger partial charge in [0.2, 0.25) is 0 Å². The lowest BCUT2D eigenvalue weighted by Gasteiger charge is -2.33. The van der Waals surface area contributed by atoms with Gasteiger partial charge in [-0.1, -0.05) is 17.7 Å². The van der Waals surface area contributed by atoms with Crippen LogP contribution in [-0.4, -0.2) is 49.9 Å². The Balaban J connectivity index is 1.78. The lowest BCUT2D eigenvalue weighted by Crippen LogP contribution is -2.37. The second-order valence-corrected chi connectivity index (χ2v) is 8.51. The van der Waals surface area contributed by atoms with E-state index in [9.17, 15) is 13.5 Å². The Bertz CT molecular complexity index is 558. The number of benzene rings is 1. The largest absolute Gasteiger partial charge is 0.393 e. The van der Waals surface area contributed by atoms with Gasteiger partial charge in [0.1, 0.15) is 0 Å². The van der Waals surface area contributed by atoms with Crippen molar-refractivity contribution < 1.29 is 13.5 Å². The van der Waals surface area contributed by atoms with E-state index < -0.39 is 9.84 Å². The molecule has 1 N–H and O–H groups in total. The van der Waals surface area contributed by atoms with E-state index in [1.54, 1.807) is 12.1 Å². The summed E-state index contributed by atoms with van der Waals surface area (Å²) in [6, 6.07) is 7.07. The van der Waals surface area contributed by atoms with Gasteiger partial charge in [-0.05, 0) is 70.8 Å². The predicted octanol–water partition coefficient (Wildman–Crippen LogP) is 2.25. The number of nitrogens with zero attached hydrogens (tertiary/aromatic N) is 1. The maximum atomic E-state index is 12.3. The van der Waals surface area contributed by atoms with Crippen LogP contribution in [0, 0.1) is 12.8 Å². The molecular weight excluding hydrogens is 298 g/mol. The zero-order chi connectivity index (χ0) is 16.2. The fraction of sp³-hybridized carbons (Fsp3) is 0.647. The van der Waals surface area contributed by atoms with Crippen LogP contribution in [0.25, 0.3) is 0 Å². The Labute approximate surface area is 134 Å². The molecule has 1 fully saturated rings. The SMILES string of the molecule is Cc1ccc(S(=O)(=O)CCCN2CCC(C(C)O)CC2)cc1. The molecule has 1 saturated heterocycles. The van der Waals surface area contributed by atoms with Gasteiger partial charge in [-0.2, -0.15) is 0 Å². The van der Waals surface area contributed by atoms with E-state index in [1.165, 1.54) is 0 Å². The third-order valence-electron chi connectivity index (χ3n) is 4.58. The molecule has 0 aromatic heterocycles. The van der Waals surface area contributed by atoms with Crippen molar-refractivity contribution in [3.63, 3.8) is 0 Å². The van der Waals surface area contributed by atoms with Crippen LogP contribution in [0.5, 0.6) is 0 Å². The van der Waals surface area contributed by atoms with E-state index >= 15 is 0 Å². The number of likely N-dealkylation sites (tertiary alicyclic amines) is 1. The molecule has 1 atom stereocenters. The summed E-state index contributed by atoms with van der Waals surface area (Å²) in [5.41, 5.74) is 1.07. The van der Waals surface area contributed by atoms with Crippen LogP contribution in [0.1, 0.15) is 31.7 Å². The van der Waals surface area contributed by atoms with Crippen molar-refractivity contribution in [3.05, 3.63) is 29.8 Å². The van der Waals surface area contributed by atoms with E-state index in [-0.39, 0.29) is 11.9 Å². The number of hydrogen-bond acceptors (Lipinski definition) is 4. The topological polar surface area (TPSA) is 57.6 Å². The zero-order valence-corrected chi connectivity index (χ0v) is 14.3. The van der Waals surface area contributed by atoms with Crippen LogP contribution < -0.4 is 0 Å². The second-order valence-electron chi connectivity index (χ2n) is 6.41. The molecule has 4 nitrogen and oxygen atoms in total. The van der Waals surface area contributed by atoms with Crippen LogP contribution in [0.2, 0.25) is 0 Å². The Morgan fingerprint density at radius 2 is 1.82 bits per heavy atom. The summed E-state index contributed by atoms with van der Waals surface area (Å²) in [6.07, 6.45) is 2.43. The lowest BCUT2D eigenvalue weighted by molar-refractivity contribution is 0.0720. The first-order chi connectivity index (χ1) is 10.4. The minimum absolute atomic E-state index is 0.201. The first-order valence-electron chi connectivity index (χ1n) is 8.08. The number of aryl methyl sites for hydroxylation is 1. The summed E-state index contributed by atoms with van der Waals surface area (Å²) < 4.78 is 24.5. The summed E-state index contributed by atoms with van der Waals surface area (Å²) in [5.74, 6) is 0.597. The molecule has 0 aliphatic carbocycles. The molecule has 1 unspecified atom stereocenters. The van der Waals surface area contributed by atoms with E-state index in [0.717, 1.165) is 38.0 Å². The van der Waals surface area contributed by atoms with Gasteiger partial charge in [-0.25, -0.2) is 8.42 Å². The third-order valence-corrected chi connectivity index (χ3v) is 6.40. The number of aliphatic hydroxyl groups is 1. The summed E-state index contributed by atoms with van der Waals surface area (Å²) in [7, 11) is -3.17. The molecule has 0 radical (unpaired) electrons. The maximum Gasteiger partial charge on any atom is 0.178 e. The van der Waals surface area contributed by atoms with Gasteiger partial charge >= 0.3 is 0 Å². The Morgan fingerprint density at radius 1 is 1.23 bits per heavy atom. The van der Waals surface area contributed by atoms with Gasteiger partial charge < -0.3 is 10.0 Å². The number of hydrogen-bond donors (Lipinski definition) is 1. The summed E-state index contributed by atoms with van der Waals surface area (Å²) in [6.45, 7) is 6.54. The van der Waals surface area contributed by atoms with Crippen LogP contribution in [0.3, 0.4) is 0 Å².